The van der Waals surface area contributed by atoms with Gasteiger partial charge in [0.05, 0.1) is 13.2 Å². The Morgan fingerprint density at radius 2 is 2.09 bits per heavy atom. The van der Waals surface area contributed by atoms with Crippen LogP contribution in [0.25, 0.3) is 0 Å². The molecule has 2 spiro atoms. The van der Waals surface area contributed by atoms with Crippen LogP contribution in [0.4, 0.5) is 0 Å². The monoisotopic (exact) mass is 312 g/mol. The molecule has 122 valence electrons. The Morgan fingerprint density at radius 3 is 2.87 bits per heavy atom. The molecule has 1 aliphatic heterocycles. The molecule has 0 saturated heterocycles. The molecule has 0 amide bonds. The summed E-state index contributed by atoms with van der Waals surface area (Å²) in [6.45, 7) is 2.35. The molecule has 5 aliphatic rings. The molecule has 7 atom stereocenters. The quantitative estimate of drug-likeness (QED) is 0.838. The molecule has 0 radical (unpaired) electrons. The number of benzene rings is 1. The maximum absolute atomic E-state index is 6.63. The van der Waals surface area contributed by atoms with E-state index in [1.807, 2.05) is 7.11 Å². The van der Waals surface area contributed by atoms with Gasteiger partial charge in [-0.05, 0) is 60.5 Å². The fourth-order valence-electron chi connectivity index (χ4n) is 7.29. The molecule has 23 heavy (non-hydrogen) atoms. The highest BCUT2D eigenvalue weighted by Gasteiger charge is 2.79. The predicted molar refractivity (Wildman–Crippen MR) is 86.0 cm³/mol. The summed E-state index contributed by atoms with van der Waals surface area (Å²) in [5.74, 6) is 4.21. The fourth-order valence-corrected chi connectivity index (χ4v) is 7.29. The van der Waals surface area contributed by atoms with Crippen molar-refractivity contribution in [1.29, 1.82) is 0 Å². The van der Waals surface area contributed by atoms with E-state index in [-0.39, 0.29) is 17.6 Å². The highest BCUT2D eigenvalue weighted by atomic mass is 16.6. The summed E-state index contributed by atoms with van der Waals surface area (Å²) in [4.78, 5) is 0. The van der Waals surface area contributed by atoms with E-state index in [1.54, 1.807) is 7.11 Å². The highest BCUT2D eigenvalue weighted by molar-refractivity contribution is 5.63. The van der Waals surface area contributed by atoms with Gasteiger partial charge >= 0.3 is 0 Å². The zero-order valence-electron chi connectivity index (χ0n) is 14.1. The van der Waals surface area contributed by atoms with Gasteiger partial charge in [-0.2, -0.15) is 0 Å². The Balaban J connectivity index is 1.64. The first kappa shape index (κ1) is 13.1. The molecule has 0 N–H and O–H groups in total. The third-order valence-corrected chi connectivity index (χ3v) is 7.99. The van der Waals surface area contributed by atoms with Crippen molar-refractivity contribution in [2.24, 2.45) is 23.2 Å². The van der Waals surface area contributed by atoms with Crippen LogP contribution in [-0.2, 0) is 16.6 Å². The normalized spacial score (nSPS) is 50.1. The van der Waals surface area contributed by atoms with Crippen LogP contribution in [0.1, 0.15) is 37.3 Å². The third-order valence-electron chi connectivity index (χ3n) is 7.99. The van der Waals surface area contributed by atoms with Gasteiger partial charge in [-0.1, -0.05) is 13.0 Å². The van der Waals surface area contributed by atoms with Crippen molar-refractivity contribution in [3.63, 3.8) is 0 Å². The summed E-state index contributed by atoms with van der Waals surface area (Å²) < 4.78 is 18.2. The van der Waals surface area contributed by atoms with Crippen LogP contribution in [0.15, 0.2) is 12.1 Å². The van der Waals surface area contributed by atoms with Crippen molar-refractivity contribution >= 4 is 0 Å². The Bertz CT molecular complexity index is 728. The first-order valence-electron chi connectivity index (χ1n) is 9.04. The molecule has 3 nitrogen and oxygen atoms in total. The summed E-state index contributed by atoms with van der Waals surface area (Å²) in [5, 5.41) is 0. The summed E-state index contributed by atoms with van der Waals surface area (Å²) in [7, 11) is 3.61. The van der Waals surface area contributed by atoms with Crippen molar-refractivity contribution in [2.75, 3.05) is 14.2 Å². The number of hydrogen-bond acceptors (Lipinski definition) is 3. The van der Waals surface area contributed by atoms with Gasteiger partial charge in [0.25, 0.3) is 0 Å². The van der Waals surface area contributed by atoms with E-state index in [9.17, 15) is 0 Å². The maximum Gasteiger partial charge on any atom is 0.165 e. The molecule has 2 bridgehead atoms. The van der Waals surface area contributed by atoms with Crippen LogP contribution >= 0.6 is 0 Å². The lowest BCUT2D eigenvalue weighted by Crippen LogP contribution is -2.57. The summed E-state index contributed by atoms with van der Waals surface area (Å²) >= 11 is 0. The lowest BCUT2D eigenvalue weighted by atomic mass is 9.55. The van der Waals surface area contributed by atoms with Gasteiger partial charge in [0, 0.05) is 18.1 Å². The van der Waals surface area contributed by atoms with E-state index in [1.165, 1.54) is 36.8 Å². The van der Waals surface area contributed by atoms with Gasteiger partial charge in [-0.3, -0.25) is 0 Å². The largest absolute Gasteiger partial charge is 0.493 e. The summed E-state index contributed by atoms with van der Waals surface area (Å²) in [6, 6.07) is 4.42. The lowest BCUT2D eigenvalue weighted by molar-refractivity contribution is -0.0991. The van der Waals surface area contributed by atoms with E-state index >= 15 is 0 Å². The van der Waals surface area contributed by atoms with E-state index in [4.69, 9.17) is 14.2 Å². The minimum Gasteiger partial charge on any atom is -0.493 e. The average Bonchev–Trinajstić information content (AvgIpc) is 3.01. The topological polar surface area (TPSA) is 27.7 Å². The molecule has 4 aliphatic carbocycles. The van der Waals surface area contributed by atoms with Crippen LogP contribution in [-0.4, -0.2) is 26.4 Å². The van der Waals surface area contributed by atoms with Crippen molar-refractivity contribution < 1.29 is 14.2 Å². The van der Waals surface area contributed by atoms with Gasteiger partial charge in [0.15, 0.2) is 11.5 Å². The minimum absolute atomic E-state index is 0.177. The first-order valence-corrected chi connectivity index (χ1v) is 9.04. The van der Waals surface area contributed by atoms with E-state index in [0.29, 0.717) is 11.3 Å². The smallest absolute Gasteiger partial charge is 0.165 e. The van der Waals surface area contributed by atoms with Crippen molar-refractivity contribution in [1.82, 2.24) is 0 Å². The Morgan fingerprint density at radius 1 is 1.22 bits per heavy atom. The Labute approximate surface area is 137 Å². The fraction of sp³-hybridized carbons (Fsp3) is 0.700. The standard InChI is InChI=1S/C20H24O3/c1-10-6-12-13-8-19(13)7-11-4-5-14(21-2)17-15(11)20(12,9-19)18(23-17)16(10)22-3/h4-5,10,12-13,16,18H,6-9H2,1-3H3/t10-,12?,13?,16?,18+,19?,20?/m1/s1. The van der Waals surface area contributed by atoms with Crippen molar-refractivity contribution in [3.05, 3.63) is 23.3 Å². The van der Waals surface area contributed by atoms with Crippen LogP contribution < -0.4 is 9.47 Å². The van der Waals surface area contributed by atoms with Crippen molar-refractivity contribution in [3.8, 4) is 11.5 Å². The summed E-state index contributed by atoms with van der Waals surface area (Å²) in [5.41, 5.74) is 3.81. The number of methoxy groups -OCH3 is 2. The van der Waals surface area contributed by atoms with Gasteiger partial charge < -0.3 is 14.2 Å². The molecule has 1 heterocycles. The third kappa shape index (κ3) is 1.21. The molecular formula is C20H24O3. The molecule has 1 aromatic rings. The van der Waals surface area contributed by atoms with E-state index in [0.717, 1.165) is 23.3 Å². The zero-order chi connectivity index (χ0) is 15.6. The minimum atomic E-state index is 0.177. The number of ether oxygens (including phenoxy) is 3. The molecule has 0 aromatic heterocycles. The average molecular weight is 312 g/mol. The molecule has 1 aromatic carbocycles. The summed E-state index contributed by atoms with van der Waals surface area (Å²) in [6.07, 6.45) is 5.68. The van der Waals surface area contributed by atoms with Gasteiger partial charge in [0.2, 0.25) is 0 Å². The second-order valence-corrected chi connectivity index (χ2v) is 8.76. The molecular weight excluding hydrogens is 288 g/mol. The lowest BCUT2D eigenvalue weighted by Gasteiger charge is -2.50. The predicted octanol–water partition coefficient (Wildman–Crippen LogP) is 3.33. The highest BCUT2D eigenvalue weighted by Crippen LogP contribution is 2.81. The number of rotatable bonds is 2. The number of fused-ring (bicyclic) bond motifs is 1. The van der Waals surface area contributed by atoms with Crippen molar-refractivity contribution in [2.45, 2.75) is 50.2 Å². The van der Waals surface area contributed by atoms with Gasteiger partial charge in [-0.15, -0.1) is 0 Å². The second-order valence-electron chi connectivity index (χ2n) is 8.76. The van der Waals surface area contributed by atoms with Crippen LogP contribution in [0.3, 0.4) is 0 Å². The van der Waals surface area contributed by atoms with Crippen LogP contribution in [0.5, 0.6) is 11.5 Å². The zero-order valence-corrected chi connectivity index (χ0v) is 14.1. The SMILES string of the molecule is COc1ccc2c3c1O[C@H]1C(OC)[C@H](C)CC4C5CC5(C2)CC341. The molecule has 3 saturated carbocycles. The second kappa shape index (κ2) is 3.72. The maximum atomic E-state index is 6.63. The van der Waals surface area contributed by atoms with Gasteiger partial charge in [0.1, 0.15) is 6.10 Å². The molecule has 3 fully saturated rings. The van der Waals surface area contributed by atoms with Crippen LogP contribution in [0.2, 0.25) is 0 Å². The van der Waals surface area contributed by atoms with Crippen LogP contribution in [0, 0.1) is 23.2 Å². The first-order chi connectivity index (χ1) is 11.1. The Hall–Kier alpha value is -1.22. The molecule has 3 heteroatoms. The number of hydrogen-bond donors (Lipinski definition) is 0. The molecule has 5 unspecified atom stereocenters. The molecule has 6 rings (SSSR count). The van der Waals surface area contributed by atoms with E-state index < -0.39 is 0 Å². The van der Waals surface area contributed by atoms with E-state index in [2.05, 4.69) is 19.1 Å². The van der Waals surface area contributed by atoms with Gasteiger partial charge in [-0.25, -0.2) is 0 Å². The Kier molecular flexibility index (Phi) is 2.12.